The highest BCUT2D eigenvalue weighted by Crippen LogP contribution is 2.32. The zero-order valence-corrected chi connectivity index (χ0v) is 14.8. The first-order chi connectivity index (χ1) is 11.1. The van der Waals surface area contributed by atoms with Crippen LogP contribution >= 0.6 is 35.0 Å². The molecule has 0 fully saturated rings. The van der Waals surface area contributed by atoms with Gasteiger partial charge in [-0.15, -0.1) is 11.8 Å². The average Bonchev–Trinajstić information content (AvgIpc) is 2.55. The lowest BCUT2D eigenvalue weighted by molar-refractivity contribution is -0.120. The van der Waals surface area contributed by atoms with Gasteiger partial charge in [0.1, 0.15) is 0 Å². The van der Waals surface area contributed by atoms with Crippen LogP contribution in [0.1, 0.15) is 6.92 Å². The first kappa shape index (κ1) is 17.8. The van der Waals surface area contributed by atoms with Gasteiger partial charge in [-0.1, -0.05) is 23.2 Å². The number of carbonyl (C=O) groups excluding carboxylic acids is 1. The molecule has 0 unspecified atom stereocenters. The highest BCUT2D eigenvalue weighted by molar-refractivity contribution is 8.00. The van der Waals surface area contributed by atoms with Crippen LogP contribution in [-0.4, -0.2) is 34.2 Å². The number of halogens is 2. The standard InChI is InChI=1S/C15H16Cl2N4OS/c1-10(23-13-9-11(16)3-4-12(13)17)14(22)18-7-8-21-15-19-5-2-6-20-15/h2-6,9-10H,7-8H2,1H3,(H,18,22)(H,19,20,21)/t10-/m1/s1. The van der Waals surface area contributed by atoms with Crippen molar-refractivity contribution in [3.63, 3.8) is 0 Å². The molecule has 5 nitrogen and oxygen atoms in total. The summed E-state index contributed by atoms with van der Waals surface area (Å²) in [5.41, 5.74) is 0. The zero-order valence-electron chi connectivity index (χ0n) is 12.4. The summed E-state index contributed by atoms with van der Waals surface area (Å²) >= 11 is 13.4. The third kappa shape index (κ3) is 5.89. The van der Waals surface area contributed by atoms with E-state index in [1.54, 1.807) is 36.7 Å². The van der Waals surface area contributed by atoms with Crippen LogP contribution in [0.15, 0.2) is 41.6 Å². The van der Waals surface area contributed by atoms with Gasteiger partial charge in [0, 0.05) is 35.4 Å². The highest BCUT2D eigenvalue weighted by atomic mass is 35.5. The molecule has 0 aliphatic carbocycles. The third-order valence-electron chi connectivity index (χ3n) is 2.84. The predicted octanol–water partition coefficient (Wildman–Crippen LogP) is 3.49. The Labute approximate surface area is 149 Å². The smallest absolute Gasteiger partial charge is 0.233 e. The van der Waals surface area contributed by atoms with Crippen molar-refractivity contribution in [2.45, 2.75) is 17.1 Å². The van der Waals surface area contributed by atoms with E-state index in [4.69, 9.17) is 23.2 Å². The maximum Gasteiger partial charge on any atom is 0.233 e. The highest BCUT2D eigenvalue weighted by Gasteiger charge is 2.15. The van der Waals surface area contributed by atoms with Crippen molar-refractivity contribution in [3.05, 3.63) is 46.7 Å². The van der Waals surface area contributed by atoms with Crippen molar-refractivity contribution in [1.82, 2.24) is 15.3 Å². The number of rotatable bonds is 7. The van der Waals surface area contributed by atoms with Crippen molar-refractivity contribution in [2.75, 3.05) is 18.4 Å². The Balaban J connectivity index is 1.75. The number of hydrogen-bond acceptors (Lipinski definition) is 5. The fourth-order valence-corrected chi connectivity index (χ4v) is 3.14. The van der Waals surface area contributed by atoms with Crippen molar-refractivity contribution < 1.29 is 4.79 Å². The van der Waals surface area contributed by atoms with E-state index < -0.39 is 0 Å². The first-order valence-corrected chi connectivity index (χ1v) is 8.60. The summed E-state index contributed by atoms with van der Waals surface area (Å²) in [4.78, 5) is 21.0. The normalized spacial score (nSPS) is 11.8. The minimum Gasteiger partial charge on any atom is -0.353 e. The molecule has 0 bridgehead atoms. The molecule has 1 aromatic heterocycles. The monoisotopic (exact) mass is 370 g/mol. The number of thioether (sulfide) groups is 1. The van der Waals surface area contributed by atoms with Gasteiger partial charge in [-0.25, -0.2) is 9.97 Å². The van der Waals surface area contributed by atoms with Crippen LogP contribution in [0.5, 0.6) is 0 Å². The van der Waals surface area contributed by atoms with Gasteiger partial charge in [-0.2, -0.15) is 0 Å². The maximum absolute atomic E-state index is 12.1. The number of nitrogens with one attached hydrogen (secondary N) is 2. The molecule has 0 aliphatic heterocycles. The van der Waals surface area contributed by atoms with Crippen LogP contribution in [-0.2, 0) is 4.79 Å². The van der Waals surface area contributed by atoms with Gasteiger partial charge in [-0.3, -0.25) is 4.79 Å². The van der Waals surface area contributed by atoms with E-state index in [2.05, 4.69) is 20.6 Å². The van der Waals surface area contributed by atoms with E-state index >= 15 is 0 Å². The fourth-order valence-electron chi connectivity index (χ4n) is 1.71. The van der Waals surface area contributed by atoms with Gasteiger partial charge in [-0.05, 0) is 31.2 Å². The SMILES string of the molecule is C[C@@H](Sc1cc(Cl)ccc1Cl)C(=O)NCCNc1ncccn1. The van der Waals surface area contributed by atoms with Gasteiger partial charge in [0.2, 0.25) is 11.9 Å². The Bertz CT molecular complexity index is 657. The summed E-state index contributed by atoms with van der Waals surface area (Å²) in [5.74, 6) is 0.469. The van der Waals surface area contributed by atoms with Crippen molar-refractivity contribution >= 4 is 46.8 Å². The lowest BCUT2D eigenvalue weighted by Crippen LogP contribution is -2.34. The number of anilines is 1. The van der Waals surface area contributed by atoms with E-state index in [1.807, 2.05) is 6.92 Å². The summed E-state index contributed by atoms with van der Waals surface area (Å²) in [7, 11) is 0. The van der Waals surface area contributed by atoms with E-state index in [9.17, 15) is 4.79 Å². The number of nitrogens with zero attached hydrogens (tertiary/aromatic N) is 2. The Morgan fingerprint density at radius 1 is 1.26 bits per heavy atom. The summed E-state index contributed by atoms with van der Waals surface area (Å²) in [6, 6.07) is 6.94. The molecule has 1 heterocycles. The minimum absolute atomic E-state index is 0.0678. The molecule has 0 saturated heterocycles. The zero-order chi connectivity index (χ0) is 16.7. The summed E-state index contributed by atoms with van der Waals surface area (Å²) < 4.78 is 0. The van der Waals surface area contributed by atoms with Crippen molar-refractivity contribution in [2.24, 2.45) is 0 Å². The van der Waals surface area contributed by atoms with Crippen LogP contribution in [0.3, 0.4) is 0 Å². The van der Waals surface area contributed by atoms with E-state index in [0.29, 0.717) is 29.1 Å². The van der Waals surface area contributed by atoms with Gasteiger partial charge in [0.15, 0.2) is 0 Å². The number of carbonyl (C=O) groups is 1. The molecule has 0 radical (unpaired) electrons. The van der Waals surface area contributed by atoms with Gasteiger partial charge >= 0.3 is 0 Å². The van der Waals surface area contributed by atoms with Crippen LogP contribution in [0.4, 0.5) is 5.95 Å². The lowest BCUT2D eigenvalue weighted by Gasteiger charge is -2.13. The maximum atomic E-state index is 12.1. The van der Waals surface area contributed by atoms with Crippen LogP contribution in [0, 0.1) is 0 Å². The average molecular weight is 371 g/mol. The second-order valence-electron chi connectivity index (χ2n) is 4.63. The quantitative estimate of drug-likeness (QED) is 0.576. The summed E-state index contributed by atoms with van der Waals surface area (Å²) in [6.45, 7) is 2.85. The van der Waals surface area contributed by atoms with E-state index in [1.165, 1.54) is 11.8 Å². The Hall–Kier alpha value is -1.50. The van der Waals surface area contributed by atoms with Gasteiger partial charge in [0.05, 0.1) is 10.3 Å². The molecule has 1 amide bonds. The number of hydrogen-bond donors (Lipinski definition) is 2. The fraction of sp³-hybridized carbons (Fsp3) is 0.267. The minimum atomic E-state index is -0.279. The van der Waals surface area contributed by atoms with Crippen molar-refractivity contribution in [3.8, 4) is 0 Å². The number of aromatic nitrogens is 2. The Morgan fingerprint density at radius 2 is 2.00 bits per heavy atom. The van der Waals surface area contributed by atoms with Crippen LogP contribution < -0.4 is 10.6 Å². The molecule has 0 aliphatic rings. The molecular weight excluding hydrogens is 355 g/mol. The Morgan fingerprint density at radius 3 is 2.74 bits per heavy atom. The molecule has 2 rings (SSSR count). The summed E-state index contributed by atoms with van der Waals surface area (Å²) in [5, 5.41) is 6.78. The molecule has 23 heavy (non-hydrogen) atoms. The molecule has 1 aromatic carbocycles. The molecule has 122 valence electrons. The van der Waals surface area contributed by atoms with E-state index in [-0.39, 0.29) is 11.2 Å². The lowest BCUT2D eigenvalue weighted by atomic mass is 10.4. The first-order valence-electron chi connectivity index (χ1n) is 6.96. The number of amides is 1. The van der Waals surface area contributed by atoms with Crippen LogP contribution in [0.25, 0.3) is 0 Å². The molecule has 1 atom stereocenters. The molecular formula is C15H16Cl2N4OS. The second-order valence-corrected chi connectivity index (χ2v) is 6.85. The molecule has 2 aromatic rings. The van der Waals surface area contributed by atoms with Crippen molar-refractivity contribution in [1.29, 1.82) is 0 Å². The van der Waals surface area contributed by atoms with Gasteiger partial charge < -0.3 is 10.6 Å². The van der Waals surface area contributed by atoms with E-state index in [0.717, 1.165) is 4.90 Å². The summed E-state index contributed by atoms with van der Waals surface area (Å²) in [6.07, 6.45) is 3.31. The Kier molecular flexibility index (Phi) is 6.95. The number of benzene rings is 1. The molecule has 0 spiro atoms. The third-order valence-corrected chi connectivity index (χ3v) is 4.68. The largest absolute Gasteiger partial charge is 0.353 e. The van der Waals surface area contributed by atoms with Crippen LogP contribution in [0.2, 0.25) is 10.0 Å². The van der Waals surface area contributed by atoms with Gasteiger partial charge in [0.25, 0.3) is 0 Å². The topological polar surface area (TPSA) is 66.9 Å². The predicted molar refractivity (Wildman–Crippen MR) is 95.3 cm³/mol. The second kappa shape index (κ2) is 8.96. The molecule has 0 saturated carbocycles. The molecule has 8 heteroatoms. The molecule has 2 N–H and O–H groups in total.